The van der Waals surface area contributed by atoms with Crippen molar-refractivity contribution in [3.63, 3.8) is 0 Å². The van der Waals surface area contributed by atoms with E-state index in [1.54, 1.807) is 24.1 Å². The number of carbonyl (C=O) groups excluding carboxylic acids is 3. The third-order valence-corrected chi connectivity index (χ3v) is 9.06. The van der Waals surface area contributed by atoms with Gasteiger partial charge in [0, 0.05) is 51.5 Å². The van der Waals surface area contributed by atoms with Crippen LogP contribution in [-0.4, -0.2) is 94.1 Å². The molecule has 2 fully saturated rings. The van der Waals surface area contributed by atoms with Gasteiger partial charge in [0.05, 0.1) is 24.2 Å². The molecular weight excluding hydrogens is 637 g/mol. The van der Waals surface area contributed by atoms with Gasteiger partial charge in [-0.05, 0) is 47.9 Å². The Hall–Kier alpha value is -5.17. The maximum Gasteiger partial charge on any atom is 0.416 e. The lowest BCUT2D eigenvalue weighted by Crippen LogP contribution is -2.75. The van der Waals surface area contributed by atoms with Gasteiger partial charge in [0.25, 0.3) is 0 Å². The number of hydrogen-bond donors (Lipinski definition) is 1. The number of hydrazine groups is 1. The minimum Gasteiger partial charge on any atom is -0.508 e. The van der Waals surface area contributed by atoms with Crippen molar-refractivity contribution in [2.45, 2.75) is 44.2 Å². The maximum absolute atomic E-state index is 14.4. The number of rotatable bonds is 8. The number of piperazine rings is 1. The molecule has 0 bridgehead atoms. The maximum atomic E-state index is 14.4. The second-order valence-corrected chi connectivity index (χ2v) is 12.7. The molecule has 0 spiro atoms. The Labute approximate surface area is 281 Å². The van der Waals surface area contributed by atoms with E-state index in [9.17, 15) is 32.7 Å². The second-order valence-electron chi connectivity index (χ2n) is 12.7. The van der Waals surface area contributed by atoms with Gasteiger partial charge in [-0.15, -0.1) is 0 Å². The van der Waals surface area contributed by atoms with Gasteiger partial charge < -0.3 is 19.8 Å². The number of alkyl halides is 3. The third-order valence-electron chi connectivity index (χ3n) is 9.06. The predicted molar refractivity (Wildman–Crippen MR) is 177 cm³/mol. The van der Waals surface area contributed by atoms with Gasteiger partial charge in [-0.25, -0.2) is 9.99 Å². The molecule has 10 nitrogen and oxygen atoms in total. The fraction of sp³-hybridized carbons (Fsp3) is 0.333. The van der Waals surface area contributed by atoms with Crippen LogP contribution in [0.5, 0.6) is 5.75 Å². The molecule has 0 aliphatic carbocycles. The van der Waals surface area contributed by atoms with E-state index in [2.05, 4.69) is 0 Å². The Morgan fingerprint density at radius 3 is 2.39 bits per heavy atom. The molecule has 1 N–H and O–H groups in total. The summed E-state index contributed by atoms with van der Waals surface area (Å²) in [5.41, 5.74) is 1.47. The van der Waals surface area contributed by atoms with Gasteiger partial charge in [-0.2, -0.15) is 13.2 Å². The van der Waals surface area contributed by atoms with E-state index in [0.717, 1.165) is 22.5 Å². The highest BCUT2D eigenvalue weighted by Crippen LogP contribution is 2.34. The highest BCUT2D eigenvalue weighted by molar-refractivity contribution is 5.92. The molecule has 2 aliphatic rings. The molecule has 2 atom stereocenters. The van der Waals surface area contributed by atoms with E-state index in [4.69, 9.17) is 4.98 Å². The summed E-state index contributed by atoms with van der Waals surface area (Å²) in [6.07, 6.45) is -5.76. The summed E-state index contributed by atoms with van der Waals surface area (Å²) in [6, 6.07) is 20.2. The molecule has 1 unspecified atom stereocenters. The Bertz CT molecular complexity index is 1880. The molecule has 3 aromatic carbocycles. The van der Waals surface area contributed by atoms with Crippen LogP contribution in [0.25, 0.3) is 10.9 Å². The zero-order valence-corrected chi connectivity index (χ0v) is 27.4. The van der Waals surface area contributed by atoms with Crippen molar-refractivity contribution in [3.05, 3.63) is 101 Å². The summed E-state index contributed by atoms with van der Waals surface area (Å²) in [6.45, 7) is -0.0782. The zero-order valence-electron chi connectivity index (χ0n) is 27.4. The van der Waals surface area contributed by atoms with E-state index < -0.39 is 29.9 Å². The minimum absolute atomic E-state index is 0.00150. The van der Waals surface area contributed by atoms with Crippen LogP contribution in [-0.2, 0) is 39.9 Å². The summed E-state index contributed by atoms with van der Waals surface area (Å²) in [7, 11) is 5.31. The largest absolute Gasteiger partial charge is 0.508 e. The number of aromatic nitrogens is 1. The van der Waals surface area contributed by atoms with Crippen molar-refractivity contribution < 1.29 is 32.7 Å². The SMILES string of the molecule is CN(C)c1nc2ccccc2cc1CN1CC2N(C(=O)CN(C)N2C(=O)CCc2ccccc2C(F)(F)F)[C@@H](Cc2ccc(O)cc2)C1=O. The number of fused-ring (bicyclic) bond motifs is 2. The van der Waals surface area contributed by atoms with Crippen LogP contribution in [0.2, 0.25) is 0 Å². The van der Waals surface area contributed by atoms with E-state index >= 15 is 0 Å². The Morgan fingerprint density at radius 2 is 1.67 bits per heavy atom. The first kappa shape index (κ1) is 33.7. The highest BCUT2D eigenvalue weighted by atomic mass is 19.4. The minimum atomic E-state index is -4.57. The number of aromatic hydroxyl groups is 1. The van der Waals surface area contributed by atoms with Gasteiger partial charge in [0.1, 0.15) is 23.8 Å². The number of nitrogens with zero attached hydrogens (tertiary/aromatic N) is 6. The molecular formula is C36H37F3N6O4. The molecule has 2 aliphatic heterocycles. The first-order valence-electron chi connectivity index (χ1n) is 15.9. The first-order valence-corrected chi connectivity index (χ1v) is 15.9. The van der Waals surface area contributed by atoms with Crippen molar-refractivity contribution in [2.75, 3.05) is 39.1 Å². The summed E-state index contributed by atoms with van der Waals surface area (Å²) in [5.74, 6) is -0.417. The van der Waals surface area contributed by atoms with Crippen LogP contribution in [0.1, 0.15) is 28.7 Å². The van der Waals surface area contributed by atoms with Crippen molar-refractivity contribution in [2.24, 2.45) is 0 Å². The standard InChI is InChI=1S/C36H37F3N6O4/c1-41(2)34-26(19-25-9-5-7-11-29(25)40-34)20-43-21-31-44(30(35(43)49)18-23-12-15-27(46)16-13-23)33(48)22-42(3)45(31)32(47)17-14-24-8-4-6-10-28(24)36(37,38)39/h4-13,15-16,19,30-31,46H,14,17-18,20-22H2,1-3H3/t30-,31?/m0/s1. The van der Waals surface area contributed by atoms with Crippen molar-refractivity contribution in [1.29, 1.82) is 0 Å². The van der Waals surface area contributed by atoms with E-state index in [1.165, 1.54) is 45.2 Å². The topological polar surface area (TPSA) is 101 Å². The predicted octanol–water partition coefficient (Wildman–Crippen LogP) is 4.46. The molecule has 13 heteroatoms. The van der Waals surface area contributed by atoms with Crippen molar-refractivity contribution in [1.82, 2.24) is 24.8 Å². The molecule has 3 heterocycles. The highest BCUT2D eigenvalue weighted by Gasteiger charge is 2.50. The number of anilines is 1. The smallest absolute Gasteiger partial charge is 0.416 e. The molecule has 0 saturated carbocycles. The number of carbonyl (C=O) groups is 3. The summed E-state index contributed by atoms with van der Waals surface area (Å²) in [5, 5.41) is 13.6. The van der Waals surface area contributed by atoms with Gasteiger partial charge in [-0.3, -0.25) is 19.4 Å². The lowest BCUT2D eigenvalue weighted by atomic mass is 9.97. The lowest BCUT2D eigenvalue weighted by molar-refractivity contribution is -0.202. The second kappa shape index (κ2) is 13.4. The molecule has 1 aromatic heterocycles. The van der Waals surface area contributed by atoms with Crippen molar-refractivity contribution >= 4 is 34.4 Å². The lowest BCUT2D eigenvalue weighted by Gasteiger charge is -2.54. The number of hydrogen-bond acceptors (Lipinski definition) is 7. The van der Waals surface area contributed by atoms with Crippen LogP contribution < -0.4 is 4.90 Å². The van der Waals surface area contributed by atoms with Gasteiger partial charge >= 0.3 is 6.18 Å². The molecule has 3 amide bonds. The number of para-hydroxylation sites is 1. The number of aryl methyl sites for hydroxylation is 1. The number of likely N-dealkylation sites (N-methyl/N-ethyl adjacent to an activating group) is 1. The Morgan fingerprint density at radius 1 is 0.980 bits per heavy atom. The average Bonchev–Trinajstić information content (AvgIpc) is 3.05. The molecule has 6 rings (SSSR count). The number of phenols is 1. The molecule has 49 heavy (non-hydrogen) atoms. The van der Waals surface area contributed by atoms with Crippen LogP contribution in [0.15, 0.2) is 78.9 Å². The number of phenolic OH excluding ortho intramolecular Hbond substituents is 1. The van der Waals surface area contributed by atoms with E-state index in [-0.39, 0.29) is 62.0 Å². The third kappa shape index (κ3) is 6.89. The Balaban J connectivity index is 1.36. The normalized spacial score (nSPS) is 18.6. The monoisotopic (exact) mass is 674 g/mol. The quantitative estimate of drug-likeness (QED) is 0.295. The molecule has 256 valence electrons. The van der Waals surface area contributed by atoms with Crippen molar-refractivity contribution in [3.8, 4) is 5.75 Å². The van der Waals surface area contributed by atoms with Gasteiger partial charge in [-0.1, -0.05) is 48.5 Å². The van der Waals surface area contributed by atoms with Crippen LogP contribution in [0, 0.1) is 0 Å². The first-order chi connectivity index (χ1) is 23.3. The Kier molecular flexibility index (Phi) is 9.21. The zero-order chi connectivity index (χ0) is 35.0. The fourth-order valence-electron chi connectivity index (χ4n) is 6.80. The molecule has 0 radical (unpaired) electrons. The molecule has 2 saturated heterocycles. The number of pyridine rings is 1. The van der Waals surface area contributed by atoms with Gasteiger partial charge in [0.15, 0.2) is 0 Å². The number of amides is 3. The summed E-state index contributed by atoms with van der Waals surface area (Å²) >= 11 is 0. The van der Waals surface area contributed by atoms with Crippen LogP contribution >= 0.6 is 0 Å². The fourth-order valence-corrected chi connectivity index (χ4v) is 6.80. The number of benzene rings is 3. The molecule has 4 aromatic rings. The van der Waals surface area contributed by atoms with Crippen LogP contribution in [0.4, 0.5) is 19.0 Å². The van der Waals surface area contributed by atoms with E-state index in [1.807, 2.05) is 49.3 Å². The summed E-state index contributed by atoms with van der Waals surface area (Å²) < 4.78 is 41.1. The van der Waals surface area contributed by atoms with E-state index in [0.29, 0.717) is 11.4 Å². The number of halogens is 3. The van der Waals surface area contributed by atoms with Gasteiger partial charge in [0.2, 0.25) is 17.7 Å². The summed E-state index contributed by atoms with van der Waals surface area (Å²) in [4.78, 5) is 51.8. The van der Waals surface area contributed by atoms with Crippen LogP contribution in [0.3, 0.4) is 0 Å². The average molecular weight is 675 g/mol.